The molecule has 10 N–H and O–H groups in total. The summed E-state index contributed by atoms with van der Waals surface area (Å²) in [5.74, 6) is 0. The predicted octanol–water partition coefficient (Wildman–Crippen LogP) is -4.13. The second-order valence-electron chi connectivity index (χ2n) is 0. The van der Waals surface area contributed by atoms with Crippen LogP contribution in [-0.4, -0.2) is 27.4 Å². The number of rotatable bonds is 0. The van der Waals surface area contributed by atoms with Crippen molar-refractivity contribution in [3.63, 3.8) is 0 Å². The predicted molar refractivity (Wildman–Crippen MR) is 18.1 cm³/mol. The summed E-state index contributed by atoms with van der Waals surface area (Å²) in [5, 5.41) is 0. The van der Waals surface area contributed by atoms with E-state index in [-0.39, 0.29) is 72.1 Å². The fraction of sp³-hybridized carbons (Fsp3) is 0. The molecule has 0 aliphatic carbocycles. The topological polar surface area (TPSA) is 158 Å². The summed E-state index contributed by atoms with van der Waals surface area (Å²) in [7, 11) is 0. The fourth-order valence-corrected chi connectivity index (χ4v) is 0. The molecule has 0 aromatic heterocycles. The first-order valence-electron chi connectivity index (χ1n) is 0. The van der Waals surface area contributed by atoms with Crippen LogP contribution in [0.4, 0.5) is 0 Å². The zero-order valence-corrected chi connectivity index (χ0v) is 8.81. The average molecular weight is 364 g/mol. The first-order chi connectivity index (χ1) is 0. The van der Waals surface area contributed by atoms with Crippen molar-refractivity contribution in [2.75, 3.05) is 0 Å². The van der Waals surface area contributed by atoms with Gasteiger partial charge in [-0.2, -0.15) is 0 Å². The Balaban J connectivity index is 0. The van der Waals surface area contributed by atoms with Gasteiger partial charge in [0, 0.05) is 44.8 Å². The summed E-state index contributed by atoms with van der Waals surface area (Å²) in [4.78, 5) is 0. The van der Waals surface area contributed by atoms with Gasteiger partial charge in [0.15, 0.2) is 0 Å². The molecule has 0 bridgehead atoms. The van der Waals surface area contributed by atoms with Crippen LogP contribution in [0.3, 0.4) is 0 Å². The van der Waals surface area contributed by atoms with Crippen LogP contribution in [0, 0.1) is 0 Å². The van der Waals surface area contributed by atoms with Crippen molar-refractivity contribution in [1.82, 2.24) is 0 Å². The summed E-state index contributed by atoms with van der Waals surface area (Å²) in [6.45, 7) is 0. The molecule has 0 aliphatic heterocycles. The average Bonchev–Trinajstić information content (AvgIpc) is 0. The van der Waals surface area contributed by atoms with Gasteiger partial charge in [-0.05, 0) is 0 Å². The van der Waals surface area contributed by atoms with E-state index in [2.05, 4.69) is 0 Å². The molecule has 0 aromatic carbocycles. The van der Waals surface area contributed by atoms with E-state index in [1.165, 1.54) is 0 Å². The molecule has 0 saturated heterocycles. The van der Waals surface area contributed by atoms with Crippen molar-refractivity contribution in [3.8, 4) is 0 Å². The molecular formula is H10NbO5Ta. The van der Waals surface area contributed by atoms with Crippen LogP contribution in [0.1, 0.15) is 0 Å². The van der Waals surface area contributed by atoms with Crippen LogP contribution in [-0.2, 0) is 44.8 Å². The van der Waals surface area contributed by atoms with E-state index in [1.54, 1.807) is 0 Å². The molecule has 0 atom stereocenters. The maximum atomic E-state index is 0. The van der Waals surface area contributed by atoms with Crippen molar-refractivity contribution in [1.29, 1.82) is 0 Å². The van der Waals surface area contributed by atoms with Crippen LogP contribution in [0.15, 0.2) is 0 Å². The Morgan fingerprint density at radius 3 is 0.429 bits per heavy atom. The Kier molecular flexibility index (Phi) is 6700. The van der Waals surface area contributed by atoms with Crippen molar-refractivity contribution < 1.29 is 72.1 Å². The number of hydrogen-bond acceptors (Lipinski definition) is 0. The third-order valence-electron chi connectivity index (χ3n) is 0. The minimum absolute atomic E-state index is 0. The second kappa shape index (κ2) is 175. The van der Waals surface area contributed by atoms with Crippen LogP contribution >= 0.6 is 0 Å². The molecule has 0 saturated carbocycles. The summed E-state index contributed by atoms with van der Waals surface area (Å²) in [5.41, 5.74) is 0. The third-order valence-corrected chi connectivity index (χ3v) is 0. The summed E-state index contributed by atoms with van der Waals surface area (Å²) < 4.78 is 0. The largest absolute Gasteiger partial charge is 0.412 e. The van der Waals surface area contributed by atoms with E-state index in [4.69, 9.17) is 0 Å². The minimum atomic E-state index is 0. The molecule has 0 aliphatic rings. The zero-order chi connectivity index (χ0) is 0. The smallest absolute Gasteiger partial charge is 0 e. The van der Waals surface area contributed by atoms with E-state index >= 15 is 0 Å². The van der Waals surface area contributed by atoms with Gasteiger partial charge in [-0.15, -0.1) is 0 Å². The third kappa shape index (κ3) is 124. The molecule has 0 fully saturated rings. The molecular weight excluding hydrogens is 354 g/mol. The summed E-state index contributed by atoms with van der Waals surface area (Å²) in [6, 6.07) is 0. The van der Waals surface area contributed by atoms with E-state index in [0.717, 1.165) is 0 Å². The van der Waals surface area contributed by atoms with Crippen LogP contribution < -0.4 is 0 Å². The van der Waals surface area contributed by atoms with Crippen LogP contribution in [0.2, 0.25) is 0 Å². The summed E-state index contributed by atoms with van der Waals surface area (Å²) >= 11 is 0. The Bertz CT molecular complexity index is 8.04. The van der Waals surface area contributed by atoms with Gasteiger partial charge in [0.05, 0.1) is 0 Å². The first kappa shape index (κ1) is 268. The molecule has 7 heteroatoms. The van der Waals surface area contributed by atoms with Gasteiger partial charge in [0.1, 0.15) is 0 Å². The van der Waals surface area contributed by atoms with Crippen molar-refractivity contribution >= 4 is 0 Å². The normalized spacial score (nSPS) is 0. The molecule has 2 radical (unpaired) electrons. The maximum Gasteiger partial charge on any atom is 0 e. The van der Waals surface area contributed by atoms with E-state index in [9.17, 15) is 0 Å². The SMILES string of the molecule is O.O.O.O.O.[Nb].[Ta]. The molecule has 50 valence electrons. The minimum Gasteiger partial charge on any atom is -0.412 e. The Morgan fingerprint density at radius 1 is 0.429 bits per heavy atom. The first-order valence-corrected chi connectivity index (χ1v) is 0. The van der Waals surface area contributed by atoms with Crippen LogP contribution in [0.25, 0.3) is 0 Å². The molecule has 0 aromatic rings. The summed E-state index contributed by atoms with van der Waals surface area (Å²) in [6.07, 6.45) is 0. The van der Waals surface area contributed by atoms with Gasteiger partial charge in [-0.25, -0.2) is 0 Å². The van der Waals surface area contributed by atoms with Crippen molar-refractivity contribution in [2.24, 2.45) is 0 Å². The van der Waals surface area contributed by atoms with Gasteiger partial charge in [-0.3, -0.25) is 0 Å². The van der Waals surface area contributed by atoms with E-state index in [1.807, 2.05) is 0 Å². The monoisotopic (exact) mass is 364 g/mol. The molecule has 0 amide bonds. The van der Waals surface area contributed by atoms with Crippen molar-refractivity contribution in [3.05, 3.63) is 0 Å². The molecule has 0 unspecified atom stereocenters. The quantitative estimate of drug-likeness (QED) is 0.383. The molecule has 0 heterocycles. The molecule has 0 rings (SSSR count). The van der Waals surface area contributed by atoms with E-state index in [0.29, 0.717) is 0 Å². The van der Waals surface area contributed by atoms with Gasteiger partial charge < -0.3 is 27.4 Å². The molecule has 5 nitrogen and oxygen atoms in total. The van der Waals surface area contributed by atoms with Gasteiger partial charge >= 0.3 is 0 Å². The number of hydrogen-bond donors (Lipinski definition) is 0. The van der Waals surface area contributed by atoms with Crippen molar-refractivity contribution in [2.45, 2.75) is 0 Å². The van der Waals surface area contributed by atoms with Gasteiger partial charge in [0.2, 0.25) is 0 Å². The molecule has 7 heavy (non-hydrogen) atoms. The Labute approximate surface area is 72.0 Å². The second-order valence-corrected chi connectivity index (χ2v) is 0. The molecule has 0 spiro atoms. The maximum absolute atomic E-state index is 0. The van der Waals surface area contributed by atoms with Gasteiger partial charge in [0.25, 0.3) is 0 Å². The Morgan fingerprint density at radius 2 is 0.429 bits per heavy atom. The van der Waals surface area contributed by atoms with Gasteiger partial charge in [-0.1, -0.05) is 0 Å². The Hall–Kier alpha value is 1.28. The van der Waals surface area contributed by atoms with Crippen LogP contribution in [0.5, 0.6) is 0 Å². The van der Waals surface area contributed by atoms with E-state index < -0.39 is 0 Å². The fourth-order valence-electron chi connectivity index (χ4n) is 0. The standard InChI is InChI=1S/Nb.5H2O.Ta/h;5*1H2;. The zero-order valence-electron chi connectivity index (χ0n) is 3.39.